The number of hydrogen-bond acceptors (Lipinski definition) is 8. The largest absolute Gasteiger partial charge is 0.463 e. The van der Waals surface area contributed by atoms with Crippen LogP contribution in [0.1, 0.15) is 47.9 Å². The van der Waals surface area contributed by atoms with Crippen LogP contribution in [0.15, 0.2) is 24.3 Å². The van der Waals surface area contributed by atoms with E-state index in [1.165, 1.54) is 32.9 Å². The Hall–Kier alpha value is -2.06. The minimum absolute atomic E-state index is 0.0770. The first-order valence-corrected chi connectivity index (χ1v) is 10.5. The van der Waals surface area contributed by atoms with E-state index in [4.69, 9.17) is 13.8 Å². The third-order valence-corrected chi connectivity index (χ3v) is 6.72. The molecule has 1 aliphatic rings. The Labute approximate surface area is 163 Å². The van der Waals surface area contributed by atoms with Crippen molar-refractivity contribution in [2.75, 3.05) is 26.4 Å². The van der Waals surface area contributed by atoms with Crippen LogP contribution in [0.4, 0.5) is 0 Å². The number of ether oxygens (including phenoxy) is 1. The molecular formula is C18H24NO8P. The molecule has 9 nitrogen and oxygen atoms in total. The molecule has 0 bridgehead atoms. The third-order valence-electron chi connectivity index (χ3n) is 4.22. The van der Waals surface area contributed by atoms with Crippen LogP contribution in [0.5, 0.6) is 0 Å². The summed E-state index contributed by atoms with van der Waals surface area (Å²) in [7, 11) is -4.37. The molecule has 1 aromatic carbocycles. The Morgan fingerprint density at radius 3 is 1.96 bits per heavy atom. The van der Waals surface area contributed by atoms with E-state index in [1.807, 2.05) is 0 Å². The summed E-state index contributed by atoms with van der Waals surface area (Å²) in [6.45, 7) is 3.95. The smallest absolute Gasteiger partial charge is 0.373 e. The van der Waals surface area contributed by atoms with Gasteiger partial charge in [0.05, 0.1) is 30.9 Å². The van der Waals surface area contributed by atoms with Gasteiger partial charge < -0.3 is 18.9 Å². The highest BCUT2D eigenvalue weighted by Crippen LogP contribution is 2.60. The number of amides is 2. The van der Waals surface area contributed by atoms with E-state index in [1.54, 1.807) is 12.1 Å². The van der Waals surface area contributed by atoms with Crippen LogP contribution < -0.4 is 0 Å². The Kier molecular flexibility index (Phi) is 7.11. The zero-order valence-electron chi connectivity index (χ0n) is 16.0. The van der Waals surface area contributed by atoms with Gasteiger partial charge in [0.2, 0.25) is 0 Å². The number of hydrogen-bond donors (Lipinski definition) is 1. The fourth-order valence-electron chi connectivity index (χ4n) is 2.90. The maximum absolute atomic E-state index is 13.2. The first kappa shape index (κ1) is 22.2. The number of carbonyl (C=O) groups is 3. The number of fused-ring (bicyclic) bond motifs is 1. The van der Waals surface area contributed by atoms with E-state index in [2.05, 4.69) is 0 Å². The maximum Gasteiger partial charge on any atom is 0.373 e. The minimum atomic E-state index is -4.37. The molecule has 1 aromatic rings. The van der Waals surface area contributed by atoms with Gasteiger partial charge in [0.1, 0.15) is 0 Å². The molecule has 0 saturated carbocycles. The highest BCUT2D eigenvalue weighted by atomic mass is 31.2. The van der Waals surface area contributed by atoms with Gasteiger partial charge in [0.15, 0.2) is 0 Å². The minimum Gasteiger partial charge on any atom is -0.463 e. The van der Waals surface area contributed by atoms with Gasteiger partial charge in [0, 0.05) is 13.0 Å². The molecule has 1 aliphatic heterocycles. The number of benzene rings is 1. The Morgan fingerprint density at radius 2 is 1.54 bits per heavy atom. The quantitative estimate of drug-likeness (QED) is 0.352. The summed E-state index contributed by atoms with van der Waals surface area (Å²) >= 11 is 0. The highest BCUT2D eigenvalue weighted by Gasteiger charge is 2.57. The van der Waals surface area contributed by atoms with E-state index in [0.717, 1.165) is 4.90 Å². The molecule has 10 heteroatoms. The van der Waals surface area contributed by atoms with E-state index in [0.29, 0.717) is 0 Å². The van der Waals surface area contributed by atoms with E-state index < -0.39 is 37.1 Å². The molecule has 0 aliphatic carbocycles. The molecule has 0 radical (unpaired) electrons. The number of carbonyl (C=O) groups excluding carboxylic acids is 3. The molecule has 154 valence electrons. The van der Waals surface area contributed by atoms with Crippen molar-refractivity contribution in [2.45, 2.75) is 32.5 Å². The van der Waals surface area contributed by atoms with E-state index in [-0.39, 0.29) is 37.5 Å². The summed E-state index contributed by atoms with van der Waals surface area (Å²) in [5.41, 5.74) is 0.454. The number of nitrogens with zero attached hydrogens (tertiary/aromatic N) is 1. The second-order valence-electron chi connectivity index (χ2n) is 5.93. The summed E-state index contributed by atoms with van der Waals surface area (Å²) in [5.74, 6) is -2.32. The van der Waals surface area contributed by atoms with Crippen LogP contribution in [0.25, 0.3) is 0 Å². The topological polar surface area (TPSA) is 119 Å². The number of rotatable bonds is 10. The summed E-state index contributed by atoms with van der Waals surface area (Å²) < 4.78 is 28.3. The zero-order chi connectivity index (χ0) is 20.9. The van der Waals surface area contributed by atoms with Crippen molar-refractivity contribution >= 4 is 25.4 Å². The van der Waals surface area contributed by atoms with Crippen LogP contribution in [-0.4, -0.2) is 59.5 Å². The number of imide groups is 1. The lowest BCUT2D eigenvalue weighted by atomic mass is 10.1. The third kappa shape index (κ3) is 3.89. The average Bonchev–Trinajstić information content (AvgIpc) is 2.91. The fraction of sp³-hybridized carbons (Fsp3) is 0.500. The van der Waals surface area contributed by atoms with Gasteiger partial charge in [-0.1, -0.05) is 12.1 Å². The summed E-state index contributed by atoms with van der Waals surface area (Å²) in [6.07, 6.45) is -0.561. The predicted octanol–water partition coefficient (Wildman–Crippen LogP) is 2.19. The molecule has 1 atom stereocenters. The standard InChI is InChI=1S/C18H24NO8P/c1-4-25-17(22)18(23,28(24,26-5-2)27-6-3)11-12-19-15(20)13-9-7-8-10-14(13)16(19)21/h7-10,23H,4-6,11-12H2,1-3H3. The molecule has 1 N–H and O–H groups in total. The van der Waals surface area contributed by atoms with Crippen LogP contribution >= 0.6 is 7.60 Å². The lowest BCUT2D eigenvalue weighted by molar-refractivity contribution is -0.159. The van der Waals surface area contributed by atoms with Crippen molar-refractivity contribution in [3.8, 4) is 0 Å². The molecule has 0 aromatic heterocycles. The Bertz CT molecular complexity index is 766. The molecule has 0 saturated heterocycles. The zero-order valence-corrected chi connectivity index (χ0v) is 16.9. The molecule has 2 amide bonds. The monoisotopic (exact) mass is 413 g/mol. The average molecular weight is 413 g/mol. The van der Waals surface area contributed by atoms with Crippen molar-refractivity contribution in [1.29, 1.82) is 0 Å². The van der Waals surface area contributed by atoms with Crippen molar-refractivity contribution < 1.29 is 37.8 Å². The fourth-order valence-corrected chi connectivity index (χ4v) is 4.74. The summed E-state index contributed by atoms with van der Waals surface area (Å²) in [4.78, 5) is 38.3. The SMILES string of the molecule is CCOC(=O)C(O)(CCN1C(=O)c2ccccc2C1=O)P(=O)(OCC)OCC. The molecule has 2 rings (SSSR count). The van der Waals surface area contributed by atoms with Gasteiger partial charge in [0.25, 0.3) is 17.2 Å². The van der Waals surface area contributed by atoms with Gasteiger partial charge in [-0.25, -0.2) is 4.79 Å². The van der Waals surface area contributed by atoms with Crippen LogP contribution in [0, 0.1) is 0 Å². The molecule has 28 heavy (non-hydrogen) atoms. The van der Waals surface area contributed by atoms with E-state index >= 15 is 0 Å². The number of esters is 1. The van der Waals surface area contributed by atoms with Gasteiger partial charge in [-0.05, 0) is 32.9 Å². The van der Waals surface area contributed by atoms with Gasteiger partial charge in [-0.2, -0.15) is 0 Å². The van der Waals surface area contributed by atoms with Crippen molar-refractivity contribution in [3.05, 3.63) is 35.4 Å². The van der Waals surface area contributed by atoms with Crippen molar-refractivity contribution in [2.24, 2.45) is 0 Å². The van der Waals surface area contributed by atoms with Gasteiger partial charge in [-0.3, -0.25) is 19.1 Å². The summed E-state index contributed by atoms with van der Waals surface area (Å²) in [6, 6.07) is 6.28. The Morgan fingerprint density at radius 1 is 1.04 bits per heavy atom. The van der Waals surface area contributed by atoms with Crippen LogP contribution in [0.3, 0.4) is 0 Å². The molecule has 1 heterocycles. The second kappa shape index (κ2) is 8.96. The lowest BCUT2D eigenvalue weighted by Gasteiger charge is -2.33. The predicted molar refractivity (Wildman–Crippen MR) is 98.9 cm³/mol. The normalized spacial score (nSPS) is 16.1. The van der Waals surface area contributed by atoms with Crippen LogP contribution in [0.2, 0.25) is 0 Å². The lowest BCUT2D eigenvalue weighted by Crippen LogP contribution is -2.45. The highest BCUT2D eigenvalue weighted by molar-refractivity contribution is 7.56. The van der Waals surface area contributed by atoms with Crippen molar-refractivity contribution in [1.82, 2.24) is 4.90 Å². The first-order valence-electron chi connectivity index (χ1n) is 8.99. The molecular weight excluding hydrogens is 389 g/mol. The number of aliphatic hydroxyl groups is 1. The molecule has 0 spiro atoms. The van der Waals surface area contributed by atoms with Gasteiger partial charge in [-0.15, -0.1) is 0 Å². The maximum atomic E-state index is 13.2. The summed E-state index contributed by atoms with van der Waals surface area (Å²) in [5, 5.41) is 8.34. The van der Waals surface area contributed by atoms with Crippen molar-refractivity contribution in [3.63, 3.8) is 0 Å². The Balaban J connectivity index is 2.32. The second-order valence-corrected chi connectivity index (χ2v) is 8.18. The first-order chi connectivity index (χ1) is 13.3. The van der Waals surface area contributed by atoms with Gasteiger partial charge >= 0.3 is 13.6 Å². The molecule has 1 unspecified atom stereocenters. The molecule has 0 fully saturated rings. The van der Waals surface area contributed by atoms with Crippen LogP contribution in [-0.2, 0) is 23.1 Å². The van der Waals surface area contributed by atoms with E-state index in [9.17, 15) is 24.1 Å².